The van der Waals surface area contributed by atoms with E-state index in [2.05, 4.69) is 25.3 Å². The molecule has 1 aliphatic heterocycles. The van der Waals surface area contributed by atoms with Gasteiger partial charge in [-0.1, -0.05) is 12.1 Å². The molecular weight excluding hydrogens is 396 g/mol. The summed E-state index contributed by atoms with van der Waals surface area (Å²) in [6, 6.07) is 7.76. The monoisotopic (exact) mass is 422 g/mol. The minimum Gasteiger partial charge on any atom is -0.364 e. The number of para-hydroxylation sites is 2. The Hall–Kier alpha value is -3.33. The number of nitrogens with one attached hydrogen (secondary N) is 2. The number of imidazole rings is 1. The molecule has 1 fully saturated rings. The van der Waals surface area contributed by atoms with Crippen molar-refractivity contribution >= 4 is 22.8 Å². The van der Waals surface area contributed by atoms with Crippen LogP contribution >= 0.6 is 0 Å². The van der Waals surface area contributed by atoms with Gasteiger partial charge in [0.05, 0.1) is 22.3 Å². The highest BCUT2D eigenvalue weighted by Gasteiger charge is 2.27. The average molecular weight is 422 g/mol. The van der Waals surface area contributed by atoms with Gasteiger partial charge in [-0.3, -0.25) is 9.59 Å². The molecule has 9 heteroatoms. The zero-order valence-electron chi connectivity index (χ0n) is 17.7. The van der Waals surface area contributed by atoms with Gasteiger partial charge in [-0.15, -0.1) is 0 Å². The van der Waals surface area contributed by atoms with Gasteiger partial charge in [0.25, 0.3) is 5.91 Å². The van der Waals surface area contributed by atoms with Gasteiger partial charge in [-0.25, -0.2) is 15.0 Å². The largest absolute Gasteiger partial charge is 0.364 e. The summed E-state index contributed by atoms with van der Waals surface area (Å²) in [6.07, 6.45) is 3.34. The summed E-state index contributed by atoms with van der Waals surface area (Å²) in [7, 11) is 1.58. The lowest BCUT2D eigenvalue weighted by atomic mass is 9.97. The normalized spacial score (nSPS) is 16.5. The number of aromatic amines is 1. The Morgan fingerprint density at radius 3 is 2.90 bits per heavy atom. The second-order valence-corrected chi connectivity index (χ2v) is 7.68. The van der Waals surface area contributed by atoms with E-state index < -0.39 is 0 Å². The van der Waals surface area contributed by atoms with E-state index in [1.807, 2.05) is 24.3 Å². The van der Waals surface area contributed by atoms with Crippen LogP contribution in [-0.4, -0.2) is 63.4 Å². The molecule has 31 heavy (non-hydrogen) atoms. The SMILES string of the molecule is CNC(=O)c1cnc(C2CCCN(C(=O)COCc3nc4ccccc4[nH]3)C2)nc1C. The molecule has 2 amide bonds. The quantitative estimate of drug-likeness (QED) is 0.628. The van der Waals surface area contributed by atoms with Crippen molar-refractivity contribution in [2.24, 2.45) is 0 Å². The van der Waals surface area contributed by atoms with Gasteiger partial charge in [0, 0.05) is 32.3 Å². The Balaban J connectivity index is 1.33. The van der Waals surface area contributed by atoms with E-state index in [0.29, 0.717) is 36.0 Å². The van der Waals surface area contributed by atoms with Crippen LogP contribution in [0.25, 0.3) is 11.0 Å². The summed E-state index contributed by atoms with van der Waals surface area (Å²) in [5.74, 6) is 1.16. The van der Waals surface area contributed by atoms with E-state index in [1.165, 1.54) is 0 Å². The Morgan fingerprint density at radius 2 is 2.13 bits per heavy atom. The third-order valence-electron chi connectivity index (χ3n) is 5.51. The first-order valence-electron chi connectivity index (χ1n) is 10.4. The van der Waals surface area contributed by atoms with Gasteiger partial charge in [0.15, 0.2) is 0 Å². The van der Waals surface area contributed by atoms with Crippen molar-refractivity contribution in [2.45, 2.75) is 32.3 Å². The second-order valence-electron chi connectivity index (χ2n) is 7.68. The highest BCUT2D eigenvalue weighted by Crippen LogP contribution is 2.25. The zero-order valence-corrected chi connectivity index (χ0v) is 17.7. The van der Waals surface area contributed by atoms with E-state index in [1.54, 1.807) is 25.1 Å². The number of likely N-dealkylation sites (tertiary alicyclic amines) is 1. The number of aryl methyl sites for hydroxylation is 1. The van der Waals surface area contributed by atoms with Crippen molar-refractivity contribution in [1.82, 2.24) is 30.2 Å². The number of hydrogen-bond acceptors (Lipinski definition) is 6. The predicted octanol–water partition coefficient (Wildman–Crippen LogP) is 1.94. The maximum atomic E-state index is 12.7. The summed E-state index contributed by atoms with van der Waals surface area (Å²) >= 11 is 0. The Bertz CT molecular complexity index is 1060. The third kappa shape index (κ3) is 4.72. The lowest BCUT2D eigenvalue weighted by molar-refractivity contribution is -0.137. The molecule has 1 saturated heterocycles. The van der Waals surface area contributed by atoms with Crippen molar-refractivity contribution in [2.75, 3.05) is 26.7 Å². The van der Waals surface area contributed by atoms with Crippen LogP contribution in [-0.2, 0) is 16.1 Å². The smallest absolute Gasteiger partial charge is 0.254 e. The minimum absolute atomic E-state index is 0.000735. The first-order chi connectivity index (χ1) is 15.0. The maximum absolute atomic E-state index is 12.7. The first-order valence-corrected chi connectivity index (χ1v) is 10.4. The van der Waals surface area contributed by atoms with E-state index in [0.717, 1.165) is 23.9 Å². The van der Waals surface area contributed by atoms with Crippen LogP contribution in [0.2, 0.25) is 0 Å². The molecule has 4 rings (SSSR count). The van der Waals surface area contributed by atoms with Crippen LogP contribution in [0.1, 0.15) is 46.5 Å². The number of benzene rings is 1. The van der Waals surface area contributed by atoms with Gasteiger partial charge in [-0.2, -0.15) is 0 Å². The van der Waals surface area contributed by atoms with Crippen LogP contribution < -0.4 is 5.32 Å². The molecule has 2 aromatic heterocycles. The minimum atomic E-state index is -0.203. The number of nitrogens with zero attached hydrogens (tertiary/aromatic N) is 4. The Labute approximate surface area is 180 Å². The molecule has 162 valence electrons. The molecule has 1 aromatic carbocycles. The number of hydrogen-bond donors (Lipinski definition) is 2. The number of rotatable bonds is 6. The molecule has 1 atom stereocenters. The number of piperidine rings is 1. The third-order valence-corrected chi connectivity index (χ3v) is 5.51. The lowest BCUT2D eigenvalue weighted by Gasteiger charge is -2.32. The highest BCUT2D eigenvalue weighted by atomic mass is 16.5. The van der Waals surface area contributed by atoms with Crippen LogP contribution in [0, 0.1) is 6.92 Å². The molecule has 0 bridgehead atoms. The van der Waals surface area contributed by atoms with Gasteiger partial charge < -0.3 is 19.9 Å². The Kier molecular flexibility index (Phi) is 6.22. The van der Waals surface area contributed by atoms with Crippen molar-refractivity contribution < 1.29 is 14.3 Å². The number of ether oxygens (including phenoxy) is 1. The zero-order chi connectivity index (χ0) is 21.8. The first kappa shape index (κ1) is 20.9. The molecule has 0 aliphatic carbocycles. The van der Waals surface area contributed by atoms with Crippen molar-refractivity contribution in [3.8, 4) is 0 Å². The summed E-state index contributed by atoms with van der Waals surface area (Å²) < 4.78 is 5.62. The van der Waals surface area contributed by atoms with Crippen LogP contribution in [0.3, 0.4) is 0 Å². The summed E-state index contributed by atoms with van der Waals surface area (Å²) in [4.78, 5) is 42.9. The van der Waals surface area contributed by atoms with Crippen molar-refractivity contribution in [3.63, 3.8) is 0 Å². The van der Waals surface area contributed by atoms with E-state index in [-0.39, 0.29) is 30.9 Å². The van der Waals surface area contributed by atoms with Crippen molar-refractivity contribution in [3.05, 3.63) is 53.4 Å². The summed E-state index contributed by atoms with van der Waals surface area (Å²) in [5.41, 5.74) is 2.93. The molecule has 9 nitrogen and oxygen atoms in total. The Morgan fingerprint density at radius 1 is 1.29 bits per heavy atom. The molecule has 0 radical (unpaired) electrons. The van der Waals surface area contributed by atoms with Gasteiger partial charge in [-0.05, 0) is 31.9 Å². The molecular formula is C22H26N6O3. The second kappa shape index (κ2) is 9.22. The summed E-state index contributed by atoms with van der Waals surface area (Å²) in [5, 5.41) is 2.59. The molecule has 0 saturated carbocycles. The van der Waals surface area contributed by atoms with Gasteiger partial charge in [0.1, 0.15) is 24.9 Å². The van der Waals surface area contributed by atoms with E-state index in [9.17, 15) is 9.59 Å². The number of H-pyrrole nitrogens is 1. The van der Waals surface area contributed by atoms with E-state index in [4.69, 9.17) is 4.74 Å². The topological polar surface area (TPSA) is 113 Å². The number of aromatic nitrogens is 4. The summed E-state index contributed by atoms with van der Waals surface area (Å²) in [6.45, 7) is 3.29. The molecule has 2 N–H and O–H groups in total. The predicted molar refractivity (Wildman–Crippen MR) is 114 cm³/mol. The number of amides is 2. The molecule has 0 spiro atoms. The molecule has 1 aliphatic rings. The fraction of sp³-hybridized carbons (Fsp3) is 0.409. The van der Waals surface area contributed by atoms with Crippen molar-refractivity contribution in [1.29, 1.82) is 0 Å². The van der Waals surface area contributed by atoms with Gasteiger partial charge >= 0.3 is 0 Å². The molecule has 3 aromatic rings. The lowest BCUT2D eigenvalue weighted by Crippen LogP contribution is -2.41. The van der Waals surface area contributed by atoms with E-state index >= 15 is 0 Å². The fourth-order valence-electron chi connectivity index (χ4n) is 3.85. The number of carbonyl (C=O) groups is 2. The number of carbonyl (C=O) groups excluding carboxylic acids is 2. The standard InChI is InChI=1S/C22H26N6O3/c1-14-16(22(30)23-2)10-24-21(25-14)15-6-5-9-28(11-15)20(29)13-31-12-19-26-17-7-3-4-8-18(17)27-19/h3-4,7-8,10,15H,5-6,9,11-13H2,1-2H3,(H,23,30)(H,26,27). The molecule has 3 heterocycles. The average Bonchev–Trinajstić information content (AvgIpc) is 3.21. The maximum Gasteiger partial charge on any atom is 0.254 e. The van der Waals surface area contributed by atoms with Crippen LogP contribution in [0.5, 0.6) is 0 Å². The number of fused-ring (bicyclic) bond motifs is 1. The van der Waals surface area contributed by atoms with Crippen LogP contribution in [0.4, 0.5) is 0 Å². The van der Waals surface area contributed by atoms with Crippen LogP contribution in [0.15, 0.2) is 30.5 Å². The fourth-order valence-corrected chi connectivity index (χ4v) is 3.85. The van der Waals surface area contributed by atoms with Gasteiger partial charge in [0.2, 0.25) is 5.91 Å². The highest BCUT2D eigenvalue weighted by molar-refractivity contribution is 5.94. The molecule has 1 unspecified atom stereocenters.